The van der Waals surface area contributed by atoms with Gasteiger partial charge in [0.15, 0.2) is 0 Å². The minimum atomic E-state index is -0.389. The van der Waals surface area contributed by atoms with E-state index in [1.165, 1.54) is 18.9 Å². The summed E-state index contributed by atoms with van der Waals surface area (Å²) in [6.07, 6.45) is 3.39. The number of methoxy groups -OCH3 is 1. The number of amides is 1. The summed E-state index contributed by atoms with van der Waals surface area (Å²) in [6.45, 7) is 2.16. The van der Waals surface area contributed by atoms with Gasteiger partial charge in [-0.1, -0.05) is 23.9 Å². The Labute approximate surface area is 154 Å². The highest BCUT2D eigenvalue weighted by Gasteiger charge is 2.17. The number of aromatic nitrogens is 4. The van der Waals surface area contributed by atoms with Gasteiger partial charge >= 0.3 is 5.97 Å². The lowest BCUT2D eigenvalue weighted by atomic mass is 10.1. The zero-order chi connectivity index (χ0) is 18.5. The second-order valence-corrected chi connectivity index (χ2v) is 6.73. The van der Waals surface area contributed by atoms with Gasteiger partial charge in [-0.05, 0) is 30.7 Å². The van der Waals surface area contributed by atoms with Gasteiger partial charge < -0.3 is 10.1 Å². The minimum absolute atomic E-state index is 0.126. The highest BCUT2D eigenvalue weighted by Crippen LogP contribution is 2.20. The van der Waals surface area contributed by atoms with Crippen LogP contribution in [0.3, 0.4) is 0 Å². The van der Waals surface area contributed by atoms with Crippen molar-refractivity contribution < 1.29 is 14.3 Å². The molecule has 1 N–H and O–H groups in total. The average molecular weight is 371 g/mol. The summed E-state index contributed by atoms with van der Waals surface area (Å²) in [4.78, 5) is 32.0. The topological polar surface area (TPSA) is 98.5 Å². The predicted molar refractivity (Wildman–Crippen MR) is 95.7 cm³/mol. The molecule has 26 heavy (non-hydrogen) atoms. The van der Waals surface area contributed by atoms with Crippen LogP contribution in [0, 0.1) is 0 Å². The first-order valence-corrected chi connectivity index (χ1v) is 8.74. The predicted octanol–water partition coefficient (Wildman–Crippen LogP) is 1.71. The molecule has 0 bridgehead atoms. The Morgan fingerprint density at radius 2 is 2.08 bits per heavy atom. The Morgan fingerprint density at radius 1 is 1.31 bits per heavy atom. The third-order valence-corrected chi connectivity index (χ3v) is 4.54. The third kappa shape index (κ3) is 4.17. The number of hydrogen-bond acceptors (Lipinski definition) is 7. The molecule has 134 valence electrons. The lowest BCUT2D eigenvalue weighted by Crippen LogP contribution is -2.30. The van der Waals surface area contributed by atoms with Crippen molar-refractivity contribution in [3.8, 4) is 0 Å². The molecule has 2 heterocycles. The first-order valence-electron chi connectivity index (χ1n) is 7.86. The summed E-state index contributed by atoms with van der Waals surface area (Å²) in [5.41, 5.74) is 1.36. The van der Waals surface area contributed by atoms with E-state index in [9.17, 15) is 9.59 Å². The zero-order valence-corrected chi connectivity index (χ0v) is 15.1. The van der Waals surface area contributed by atoms with E-state index in [4.69, 9.17) is 0 Å². The average Bonchev–Trinajstić information content (AvgIpc) is 3.08. The molecule has 0 radical (unpaired) electrons. The number of carbonyl (C=O) groups excluding carboxylic acids is 2. The number of esters is 1. The van der Waals surface area contributed by atoms with E-state index in [1.807, 2.05) is 0 Å². The van der Waals surface area contributed by atoms with Crippen LogP contribution in [0.4, 0.5) is 0 Å². The molecule has 0 fully saturated rings. The Morgan fingerprint density at radius 3 is 2.77 bits per heavy atom. The standard InChI is InChI=1S/C17H17N5O3S/c1-11(26-17-20-16-18-8-3-9-22(16)21-17)14(23)19-10-12-4-6-13(7-5-12)15(24)25-2/h3-9,11H,10H2,1-2H3,(H,19,23)/t11-/m0/s1. The lowest BCUT2D eigenvalue weighted by Gasteiger charge is -2.10. The van der Waals surface area contributed by atoms with Crippen molar-refractivity contribution in [2.75, 3.05) is 7.11 Å². The minimum Gasteiger partial charge on any atom is -0.465 e. The Bertz CT molecular complexity index is 893. The summed E-state index contributed by atoms with van der Waals surface area (Å²) in [5, 5.41) is 7.27. The van der Waals surface area contributed by atoms with Gasteiger partial charge in [-0.15, -0.1) is 5.10 Å². The molecule has 1 aromatic carbocycles. The number of fused-ring (bicyclic) bond motifs is 1. The number of thioether (sulfide) groups is 1. The molecule has 1 atom stereocenters. The quantitative estimate of drug-likeness (QED) is 0.520. The van der Waals surface area contributed by atoms with Crippen LogP contribution in [-0.4, -0.2) is 43.8 Å². The number of hydrogen-bond donors (Lipinski definition) is 1. The van der Waals surface area contributed by atoms with Gasteiger partial charge in [0.05, 0.1) is 17.9 Å². The molecule has 0 saturated carbocycles. The van der Waals surface area contributed by atoms with Crippen LogP contribution in [0.5, 0.6) is 0 Å². The smallest absolute Gasteiger partial charge is 0.337 e. The van der Waals surface area contributed by atoms with Crippen LogP contribution >= 0.6 is 11.8 Å². The monoisotopic (exact) mass is 371 g/mol. The Balaban J connectivity index is 1.54. The van der Waals surface area contributed by atoms with Crippen LogP contribution in [-0.2, 0) is 16.1 Å². The zero-order valence-electron chi connectivity index (χ0n) is 14.2. The summed E-state index contributed by atoms with van der Waals surface area (Å²) < 4.78 is 6.22. The fourth-order valence-electron chi connectivity index (χ4n) is 2.18. The number of ether oxygens (including phenoxy) is 1. The highest BCUT2D eigenvalue weighted by molar-refractivity contribution is 8.00. The maximum atomic E-state index is 12.3. The molecule has 0 aliphatic rings. The van der Waals surface area contributed by atoms with Crippen molar-refractivity contribution in [2.45, 2.75) is 23.9 Å². The molecule has 0 spiro atoms. The fraction of sp³-hybridized carbons (Fsp3) is 0.235. The van der Waals surface area contributed by atoms with Crippen LogP contribution < -0.4 is 5.32 Å². The Hall–Kier alpha value is -2.94. The molecule has 0 aliphatic heterocycles. The molecule has 8 nitrogen and oxygen atoms in total. The molecule has 3 rings (SSSR count). The van der Waals surface area contributed by atoms with Crippen molar-refractivity contribution in [1.29, 1.82) is 0 Å². The molecular formula is C17H17N5O3S. The number of nitrogens with zero attached hydrogens (tertiary/aromatic N) is 4. The van der Waals surface area contributed by atoms with Crippen LogP contribution in [0.25, 0.3) is 5.78 Å². The molecule has 0 saturated heterocycles. The van der Waals surface area contributed by atoms with Crippen molar-refractivity contribution in [3.05, 3.63) is 53.9 Å². The summed E-state index contributed by atoms with van der Waals surface area (Å²) in [6, 6.07) is 8.65. The molecule has 0 aliphatic carbocycles. The summed E-state index contributed by atoms with van der Waals surface area (Å²) in [5.74, 6) is -0.0211. The van der Waals surface area contributed by atoms with Gasteiger partial charge in [-0.3, -0.25) is 4.79 Å². The van der Waals surface area contributed by atoms with E-state index in [-0.39, 0.29) is 17.1 Å². The normalized spacial score (nSPS) is 11.9. The maximum absolute atomic E-state index is 12.3. The van der Waals surface area contributed by atoms with E-state index < -0.39 is 0 Å². The summed E-state index contributed by atoms with van der Waals surface area (Å²) >= 11 is 1.27. The number of nitrogens with one attached hydrogen (secondary N) is 1. The van der Waals surface area contributed by atoms with Gasteiger partial charge in [0.2, 0.25) is 11.1 Å². The van der Waals surface area contributed by atoms with Gasteiger partial charge in [-0.2, -0.15) is 4.98 Å². The second kappa shape index (κ2) is 7.96. The number of benzene rings is 1. The van der Waals surface area contributed by atoms with E-state index in [0.717, 1.165) is 5.56 Å². The van der Waals surface area contributed by atoms with Crippen molar-refractivity contribution in [3.63, 3.8) is 0 Å². The first kappa shape index (κ1) is 17.9. The van der Waals surface area contributed by atoms with Gasteiger partial charge in [0, 0.05) is 18.9 Å². The van der Waals surface area contributed by atoms with Gasteiger partial charge in [0.1, 0.15) is 0 Å². The molecule has 2 aromatic heterocycles. The van der Waals surface area contributed by atoms with Crippen LogP contribution in [0.2, 0.25) is 0 Å². The molecule has 9 heteroatoms. The van der Waals surface area contributed by atoms with Crippen molar-refractivity contribution >= 4 is 29.4 Å². The molecule has 0 unspecified atom stereocenters. The fourth-order valence-corrected chi connectivity index (χ4v) is 2.96. The van der Waals surface area contributed by atoms with Gasteiger partial charge in [0.25, 0.3) is 5.78 Å². The van der Waals surface area contributed by atoms with Crippen molar-refractivity contribution in [2.24, 2.45) is 0 Å². The second-order valence-electron chi connectivity index (χ2n) is 5.43. The van der Waals surface area contributed by atoms with E-state index >= 15 is 0 Å². The lowest BCUT2D eigenvalue weighted by molar-refractivity contribution is -0.120. The third-order valence-electron chi connectivity index (χ3n) is 3.59. The SMILES string of the molecule is COC(=O)c1ccc(CNC(=O)[C@H](C)Sc2nc3ncccn3n2)cc1. The largest absolute Gasteiger partial charge is 0.465 e. The number of carbonyl (C=O) groups is 2. The molecule has 3 aromatic rings. The van der Waals surface area contributed by atoms with E-state index in [0.29, 0.717) is 23.0 Å². The van der Waals surface area contributed by atoms with E-state index in [1.54, 1.807) is 54.2 Å². The highest BCUT2D eigenvalue weighted by atomic mass is 32.2. The molecular weight excluding hydrogens is 354 g/mol. The van der Waals surface area contributed by atoms with Crippen molar-refractivity contribution in [1.82, 2.24) is 24.9 Å². The first-order chi connectivity index (χ1) is 12.6. The maximum Gasteiger partial charge on any atom is 0.337 e. The van der Waals surface area contributed by atoms with Gasteiger partial charge in [-0.25, -0.2) is 14.3 Å². The Kier molecular flexibility index (Phi) is 5.47. The summed E-state index contributed by atoms with van der Waals surface area (Å²) in [7, 11) is 1.34. The van der Waals surface area contributed by atoms with Crippen LogP contribution in [0.15, 0.2) is 47.9 Å². The van der Waals surface area contributed by atoms with E-state index in [2.05, 4.69) is 25.1 Å². The number of rotatable bonds is 6. The molecule has 1 amide bonds. The van der Waals surface area contributed by atoms with Crippen LogP contribution in [0.1, 0.15) is 22.8 Å².